The first-order valence-corrected chi connectivity index (χ1v) is 7.10. The molecule has 1 fully saturated rings. The van der Waals surface area contributed by atoms with Gasteiger partial charge in [-0.25, -0.2) is 13.9 Å². The number of aromatic nitrogens is 1. The van der Waals surface area contributed by atoms with Crippen molar-refractivity contribution in [3.05, 3.63) is 23.5 Å². The Bertz CT molecular complexity index is 563. The van der Waals surface area contributed by atoms with Gasteiger partial charge in [-0.1, -0.05) is 0 Å². The Morgan fingerprint density at radius 2 is 2.21 bits per heavy atom. The molecule has 2 heterocycles. The van der Waals surface area contributed by atoms with Crippen LogP contribution in [0.15, 0.2) is 12.3 Å². The van der Waals surface area contributed by atoms with E-state index in [1.165, 1.54) is 12.3 Å². The maximum Gasteiger partial charge on any atom is 0.353 e. The molecule has 1 aromatic heterocycles. The van der Waals surface area contributed by atoms with Crippen molar-refractivity contribution in [2.75, 3.05) is 13.1 Å². The summed E-state index contributed by atoms with van der Waals surface area (Å²) in [4.78, 5) is 11.2. The van der Waals surface area contributed by atoms with Crippen LogP contribution in [0, 0.1) is 0 Å². The molecule has 1 aliphatic rings. The molecule has 1 aromatic rings. The van der Waals surface area contributed by atoms with Gasteiger partial charge in [-0.05, 0) is 36.9 Å². The summed E-state index contributed by atoms with van der Waals surface area (Å²) in [5.41, 5.74) is 0.259. The van der Waals surface area contributed by atoms with Crippen LogP contribution in [0.25, 0.3) is 0 Å². The standard InChI is InChI=1S/C10H15N3O4S.ClH/c11-18(16,17)13-5-3-8(9(13)10(14)15)7-2-1-4-12-6-7;/h3,5,7,12H,1-2,4,6H2,(H,14,15)(H2,11,16,17);1H. The highest BCUT2D eigenvalue weighted by Crippen LogP contribution is 2.27. The van der Waals surface area contributed by atoms with E-state index in [2.05, 4.69) is 5.32 Å². The summed E-state index contributed by atoms with van der Waals surface area (Å²) in [6.07, 6.45) is 2.97. The normalized spacial score (nSPS) is 19.7. The Morgan fingerprint density at radius 1 is 1.53 bits per heavy atom. The lowest BCUT2D eigenvalue weighted by atomic mass is 9.92. The van der Waals surface area contributed by atoms with Gasteiger partial charge in [-0.2, -0.15) is 8.42 Å². The second kappa shape index (κ2) is 5.91. The molecule has 1 saturated heterocycles. The van der Waals surface area contributed by atoms with Crippen molar-refractivity contribution in [2.24, 2.45) is 5.14 Å². The summed E-state index contributed by atoms with van der Waals surface area (Å²) in [6, 6.07) is 1.52. The number of piperidine rings is 1. The van der Waals surface area contributed by atoms with E-state index in [1.54, 1.807) is 0 Å². The van der Waals surface area contributed by atoms with Gasteiger partial charge in [0.25, 0.3) is 0 Å². The van der Waals surface area contributed by atoms with Crippen molar-refractivity contribution in [1.82, 2.24) is 9.29 Å². The highest BCUT2D eigenvalue weighted by Gasteiger charge is 2.27. The lowest BCUT2D eigenvalue weighted by molar-refractivity contribution is 0.0687. The smallest absolute Gasteiger partial charge is 0.353 e. The summed E-state index contributed by atoms with van der Waals surface area (Å²) >= 11 is 0. The molecule has 0 amide bonds. The number of carboxylic acid groups (broad SMARTS) is 1. The predicted molar refractivity (Wildman–Crippen MR) is 72.0 cm³/mol. The molecule has 7 nitrogen and oxygen atoms in total. The van der Waals surface area contributed by atoms with Gasteiger partial charge in [0.05, 0.1) is 0 Å². The number of nitrogens with one attached hydrogen (secondary N) is 1. The van der Waals surface area contributed by atoms with Crippen molar-refractivity contribution in [3.63, 3.8) is 0 Å². The monoisotopic (exact) mass is 309 g/mol. The summed E-state index contributed by atoms with van der Waals surface area (Å²) < 4.78 is 23.3. The highest BCUT2D eigenvalue weighted by atomic mass is 35.5. The minimum Gasteiger partial charge on any atom is -0.477 e. The van der Waals surface area contributed by atoms with Gasteiger partial charge in [0, 0.05) is 12.7 Å². The van der Waals surface area contributed by atoms with Crippen LogP contribution in [0.1, 0.15) is 34.8 Å². The minimum absolute atomic E-state index is 0. The average Bonchev–Trinajstić information content (AvgIpc) is 2.74. The minimum atomic E-state index is -4.08. The molecule has 2 rings (SSSR count). The highest BCUT2D eigenvalue weighted by molar-refractivity contribution is 7.87. The quantitative estimate of drug-likeness (QED) is 0.734. The molecule has 0 radical (unpaired) electrons. The van der Waals surface area contributed by atoms with Crippen LogP contribution < -0.4 is 10.5 Å². The zero-order chi connectivity index (χ0) is 13.3. The first kappa shape index (κ1) is 16.0. The summed E-state index contributed by atoms with van der Waals surface area (Å²) in [7, 11) is -4.08. The van der Waals surface area contributed by atoms with Crippen LogP contribution in [0.4, 0.5) is 0 Å². The maximum absolute atomic E-state index is 11.3. The van der Waals surface area contributed by atoms with Crippen molar-refractivity contribution in [3.8, 4) is 0 Å². The number of carbonyl (C=O) groups is 1. The Balaban J connectivity index is 0.00000180. The molecule has 0 bridgehead atoms. The maximum atomic E-state index is 11.3. The number of rotatable bonds is 3. The van der Waals surface area contributed by atoms with Gasteiger partial charge < -0.3 is 10.4 Å². The fraction of sp³-hybridized carbons (Fsp3) is 0.500. The first-order chi connectivity index (χ1) is 8.41. The molecule has 0 spiro atoms. The van der Waals surface area contributed by atoms with Gasteiger partial charge in [-0.15, -0.1) is 12.4 Å². The number of hydrogen-bond donors (Lipinski definition) is 3. The van der Waals surface area contributed by atoms with E-state index in [1.807, 2.05) is 0 Å². The second-order valence-corrected chi connectivity index (χ2v) is 5.73. The Morgan fingerprint density at radius 3 is 2.68 bits per heavy atom. The molecular weight excluding hydrogens is 294 g/mol. The third-order valence-electron chi connectivity index (χ3n) is 3.10. The van der Waals surface area contributed by atoms with E-state index in [0.29, 0.717) is 16.1 Å². The van der Waals surface area contributed by atoms with E-state index in [-0.39, 0.29) is 24.0 Å². The van der Waals surface area contributed by atoms with Gasteiger partial charge in [0.2, 0.25) is 0 Å². The first-order valence-electron chi connectivity index (χ1n) is 5.60. The molecule has 1 aliphatic heterocycles. The lowest BCUT2D eigenvalue weighted by Gasteiger charge is -2.22. The SMILES string of the molecule is Cl.NS(=O)(=O)n1ccc(C2CCCNC2)c1C(=O)O. The van der Waals surface area contributed by atoms with Crippen LogP contribution >= 0.6 is 12.4 Å². The van der Waals surface area contributed by atoms with Crippen LogP contribution in [-0.2, 0) is 10.2 Å². The Kier molecular flexibility index (Phi) is 4.97. The fourth-order valence-electron chi connectivity index (χ4n) is 2.31. The number of nitrogens with two attached hydrogens (primary N) is 1. The van der Waals surface area contributed by atoms with E-state index in [9.17, 15) is 13.2 Å². The molecule has 0 saturated carbocycles. The van der Waals surface area contributed by atoms with E-state index in [4.69, 9.17) is 10.2 Å². The molecule has 0 aliphatic carbocycles. The van der Waals surface area contributed by atoms with E-state index >= 15 is 0 Å². The topological polar surface area (TPSA) is 114 Å². The third kappa shape index (κ3) is 3.27. The average molecular weight is 310 g/mol. The predicted octanol–water partition coefficient (Wildman–Crippen LogP) is 0.127. The Labute approximate surface area is 117 Å². The molecule has 4 N–H and O–H groups in total. The number of carboxylic acids is 1. The van der Waals surface area contributed by atoms with E-state index < -0.39 is 16.2 Å². The zero-order valence-corrected chi connectivity index (χ0v) is 11.7. The fourth-order valence-corrected chi connectivity index (χ4v) is 2.97. The van der Waals surface area contributed by atoms with Gasteiger partial charge in [0.1, 0.15) is 5.69 Å². The number of nitrogens with zero attached hydrogens (tertiary/aromatic N) is 1. The summed E-state index contributed by atoms with van der Waals surface area (Å²) in [6.45, 7) is 1.55. The van der Waals surface area contributed by atoms with Crippen LogP contribution in [0.5, 0.6) is 0 Å². The largest absolute Gasteiger partial charge is 0.477 e. The number of aromatic carboxylic acids is 1. The van der Waals surface area contributed by atoms with Crippen molar-refractivity contribution >= 4 is 28.6 Å². The van der Waals surface area contributed by atoms with Gasteiger partial charge in [0.15, 0.2) is 0 Å². The van der Waals surface area contributed by atoms with Gasteiger partial charge in [-0.3, -0.25) is 0 Å². The van der Waals surface area contributed by atoms with Gasteiger partial charge >= 0.3 is 16.2 Å². The molecular formula is C10H16ClN3O4S. The van der Waals surface area contributed by atoms with Crippen LogP contribution in [0.2, 0.25) is 0 Å². The van der Waals surface area contributed by atoms with Crippen molar-refractivity contribution < 1.29 is 18.3 Å². The summed E-state index contributed by atoms with van der Waals surface area (Å²) in [5.74, 6) is -1.28. The molecule has 19 heavy (non-hydrogen) atoms. The molecule has 1 unspecified atom stereocenters. The summed E-state index contributed by atoms with van der Waals surface area (Å²) in [5, 5.41) is 17.3. The number of halogens is 1. The molecule has 0 aromatic carbocycles. The number of hydrogen-bond acceptors (Lipinski definition) is 4. The van der Waals surface area contributed by atoms with E-state index in [0.717, 1.165) is 19.4 Å². The zero-order valence-electron chi connectivity index (χ0n) is 10.1. The molecule has 108 valence electrons. The van der Waals surface area contributed by atoms with Crippen molar-refractivity contribution in [2.45, 2.75) is 18.8 Å². The van der Waals surface area contributed by atoms with Crippen LogP contribution in [0.3, 0.4) is 0 Å². The van der Waals surface area contributed by atoms with Crippen molar-refractivity contribution in [1.29, 1.82) is 0 Å². The molecule has 9 heteroatoms. The third-order valence-corrected chi connectivity index (χ3v) is 3.95. The lowest BCUT2D eigenvalue weighted by Crippen LogP contribution is -2.30. The molecule has 1 atom stereocenters. The van der Waals surface area contributed by atoms with Crippen LogP contribution in [-0.4, -0.2) is 36.6 Å². The Hall–Kier alpha value is -1.09. The second-order valence-electron chi connectivity index (χ2n) is 4.31.